The number of nitrogens with zero attached hydrogens (tertiary/aromatic N) is 3. The molecule has 74 valence electrons. The van der Waals surface area contributed by atoms with Gasteiger partial charge in [-0.2, -0.15) is 0 Å². The van der Waals surface area contributed by atoms with Crippen molar-refractivity contribution < 1.29 is 5.11 Å². The van der Waals surface area contributed by atoms with Gasteiger partial charge in [0.05, 0.1) is 6.20 Å². The first kappa shape index (κ1) is 9.08. The van der Waals surface area contributed by atoms with E-state index in [1.54, 1.807) is 6.20 Å². The molecule has 0 fully saturated rings. The summed E-state index contributed by atoms with van der Waals surface area (Å²) in [5, 5.41) is 8.63. The summed E-state index contributed by atoms with van der Waals surface area (Å²) in [6, 6.07) is 0. The van der Waals surface area contributed by atoms with Gasteiger partial charge in [-0.1, -0.05) is 0 Å². The minimum atomic E-state index is 0.236. The Kier molecular flexibility index (Phi) is 2.69. The third-order valence-electron chi connectivity index (χ3n) is 2.03. The van der Waals surface area contributed by atoms with Crippen molar-refractivity contribution in [2.24, 2.45) is 0 Å². The number of aromatic nitrogens is 4. The van der Waals surface area contributed by atoms with Crippen molar-refractivity contribution in [3.63, 3.8) is 0 Å². The fourth-order valence-corrected chi connectivity index (χ4v) is 1.33. The number of hydrogen-bond donors (Lipinski definition) is 2. The van der Waals surface area contributed by atoms with Gasteiger partial charge in [0, 0.05) is 13.0 Å². The van der Waals surface area contributed by atoms with E-state index in [2.05, 4.69) is 19.9 Å². The van der Waals surface area contributed by atoms with Crippen molar-refractivity contribution in [3.05, 3.63) is 18.3 Å². The topological polar surface area (TPSA) is 74.7 Å². The van der Waals surface area contributed by atoms with E-state index in [0.717, 1.165) is 30.6 Å². The molecule has 0 amide bonds. The number of nitrogens with one attached hydrogen (secondary N) is 1. The minimum Gasteiger partial charge on any atom is -0.396 e. The second-order valence-electron chi connectivity index (χ2n) is 3.12. The molecule has 0 aliphatic heterocycles. The maximum absolute atomic E-state index is 8.63. The summed E-state index contributed by atoms with van der Waals surface area (Å²) in [6.45, 7) is 0.236. The highest BCUT2D eigenvalue weighted by Gasteiger charge is 2.02. The van der Waals surface area contributed by atoms with Crippen LogP contribution >= 0.6 is 0 Å². The fourth-order valence-electron chi connectivity index (χ4n) is 1.33. The molecule has 2 rings (SSSR count). The third kappa shape index (κ3) is 1.88. The molecule has 5 nitrogen and oxygen atoms in total. The number of rotatable bonds is 4. The van der Waals surface area contributed by atoms with Crippen LogP contribution in [0.25, 0.3) is 11.2 Å². The molecule has 2 heterocycles. The zero-order valence-corrected chi connectivity index (χ0v) is 7.77. The highest BCUT2D eigenvalue weighted by molar-refractivity contribution is 5.68. The first-order valence-electron chi connectivity index (χ1n) is 4.65. The number of aromatic amines is 1. The van der Waals surface area contributed by atoms with Gasteiger partial charge in [0.15, 0.2) is 5.65 Å². The largest absolute Gasteiger partial charge is 0.396 e. The number of aryl methyl sites for hydroxylation is 1. The Bertz CT molecular complexity index is 379. The van der Waals surface area contributed by atoms with Gasteiger partial charge in [-0.15, -0.1) is 0 Å². The molecule has 0 aromatic carbocycles. The lowest BCUT2D eigenvalue weighted by molar-refractivity contribution is 0.284. The standard InChI is InChI=1S/C9H12N4O/c14-4-2-1-3-8-12-7-5-10-6-11-9(7)13-8/h5-6,14H,1-4H2,(H,10,11,12,13). The molecule has 5 heteroatoms. The molecule has 2 aromatic rings. The lowest BCUT2D eigenvalue weighted by atomic mass is 10.2. The summed E-state index contributed by atoms with van der Waals surface area (Å²) >= 11 is 0. The summed E-state index contributed by atoms with van der Waals surface area (Å²) in [6.07, 6.45) is 5.79. The van der Waals surface area contributed by atoms with Crippen LogP contribution in [0.15, 0.2) is 12.5 Å². The van der Waals surface area contributed by atoms with Crippen molar-refractivity contribution in [2.45, 2.75) is 19.3 Å². The van der Waals surface area contributed by atoms with E-state index in [4.69, 9.17) is 5.11 Å². The molecule has 0 atom stereocenters. The lowest BCUT2D eigenvalue weighted by Crippen LogP contribution is -1.90. The van der Waals surface area contributed by atoms with Gasteiger partial charge in [-0.25, -0.2) is 15.0 Å². The third-order valence-corrected chi connectivity index (χ3v) is 2.03. The first-order chi connectivity index (χ1) is 6.90. The van der Waals surface area contributed by atoms with Gasteiger partial charge in [0.1, 0.15) is 17.7 Å². The number of H-pyrrole nitrogens is 1. The van der Waals surface area contributed by atoms with E-state index in [1.165, 1.54) is 6.33 Å². The van der Waals surface area contributed by atoms with Gasteiger partial charge in [0.2, 0.25) is 0 Å². The maximum atomic E-state index is 8.63. The zero-order valence-electron chi connectivity index (χ0n) is 7.77. The Morgan fingerprint density at radius 2 is 2.29 bits per heavy atom. The normalized spacial score (nSPS) is 10.9. The van der Waals surface area contributed by atoms with Crippen LogP contribution in [0.4, 0.5) is 0 Å². The number of unbranched alkanes of at least 4 members (excludes halogenated alkanes) is 1. The van der Waals surface area contributed by atoms with Crippen molar-refractivity contribution >= 4 is 11.2 Å². The van der Waals surface area contributed by atoms with Gasteiger partial charge >= 0.3 is 0 Å². The SMILES string of the molecule is OCCCCc1nc2ncncc2[nH]1. The Morgan fingerprint density at radius 3 is 3.07 bits per heavy atom. The van der Waals surface area contributed by atoms with Gasteiger partial charge < -0.3 is 10.1 Å². The Labute approximate surface area is 81.2 Å². The quantitative estimate of drug-likeness (QED) is 0.698. The van der Waals surface area contributed by atoms with Gasteiger partial charge in [0.25, 0.3) is 0 Å². The summed E-state index contributed by atoms with van der Waals surface area (Å²) in [4.78, 5) is 15.4. The van der Waals surface area contributed by atoms with Crippen molar-refractivity contribution in [1.29, 1.82) is 0 Å². The molecule has 0 aliphatic rings. The van der Waals surface area contributed by atoms with Crippen LogP contribution in [0.3, 0.4) is 0 Å². The second-order valence-corrected chi connectivity index (χ2v) is 3.12. The van der Waals surface area contributed by atoms with Crippen LogP contribution in [0.2, 0.25) is 0 Å². The van der Waals surface area contributed by atoms with Gasteiger partial charge in [-0.3, -0.25) is 0 Å². The van der Waals surface area contributed by atoms with Crippen molar-refractivity contribution in [1.82, 2.24) is 19.9 Å². The van der Waals surface area contributed by atoms with Gasteiger partial charge in [-0.05, 0) is 12.8 Å². The molecule has 0 unspecified atom stereocenters. The molecule has 0 radical (unpaired) electrons. The Morgan fingerprint density at radius 1 is 1.36 bits per heavy atom. The monoisotopic (exact) mass is 192 g/mol. The summed E-state index contributed by atoms with van der Waals surface area (Å²) in [7, 11) is 0. The zero-order chi connectivity index (χ0) is 9.80. The van der Waals surface area contributed by atoms with Crippen LogP contribution in [0.1, 0.15) is 18.7 Å². The molecule has 0 saturated carbocycles. The molecule has 0 spiro atoms. The molecular weight excluding hydrogens is 180 g/mol. The molecule has 0 bridgehead atoms. The lowest BCUT2D eigenvalue weighted by Gasteiger charge is -1.93. The molecule has 0 saturated heterocycles. The smallest absolute Gasteiger partial charge is 0.180 e. The number of imidazole rings is 1. The molecular formula is C9H12N4O. The Balaban J connectivity index is 2.11. The predicted octanol–water partition coefficient (Wildman–Crippen LogP) is 0.668. The number of aliphatic hydroxyl groups is 1. The average molecular weight is 192 g/mol. The van der Waals surface area contributed by atoms with Crippen LogP contribution < -0.4 is 0 Å². The van der Waals surface area contributed by atoms with Crippen LogP contribution in [-0.2, 0) is 6.42 Å². The molecule has 2 aromatic heterocycles. The van der Waals surface area contributed by atoms with E-state index in [-0.39, 0.29) is 6.61 Å². The highest BCUT2D eigenvalue weighted by Crippen LogP contribution is 2.07. The Hall–Kier alpha value is -1.49. The van der Waals surface area contributed by atoms with E-state index < -0.39 is 0 Å². The number of hydrogen-bond acceptors (Lipinski definition) is 4. The van der Waals surface area contributed by atoms with E-state index in [1.807, 2.05) is 0 Å². The predicted molar refractivity (Wildman–Crippen MR) is 51.7 cm³/mol. The fraction of sp³-hybridized carbons (Fsp3) is 0.444. The molecule has 2 N–H and O–H groups in total. The maximum Gasteiger partial charge on any atom is 0.180 e. The van der Waals surface area contributed by atoms with E-state index in [9.17, 15) is 0 Å². The number of aliphatic hydroxyl groups excluding tert-OH is 1. The van der Waals surface area contributed by atoms with Crippen LogP contribution in [0.5, 0.6) is 0 Å². The van der Waals surface area contributed by atoms with E-state index in [0.29, 0.717) is 5.65 Å². The summed E-state index contributed by atoms with van der Waals surface area (Å²) in [5.74, 6) is 0.911. The molecule has 14 heavy (non-hydrogen) atoms. The minimum absolute atomic E-state index is 0.236. The first-order valence-corrected chi connectivity index (χ1v) is 4.65. The van der Waals surface area contributed by atoms with Crippen molar-refractivity contribution in [2.75, 3.05) is 6.61 Å². The molecule has 0 aliphatic carbocycles. The highest BCUT2D eigenvalue weighted by atomic mass is 16.2. The van der Waals surface area contributed by atoms with E-state index >= 15 is 0 Å². The second kappa shape index (κ2) is 4.15. The average Bonchev–Trinajstić information content (AvgIpc) is 2.60. The van der Waals surface area contributed by atoms with Crippen LogP contribution in [-0.4, -0.2) is 31.6 Å². The number of fused-ring (bicyclic) bond motifs is 1. The summed E-state index contributed by atoms with van der Waals surface area (Å²) < 4.78 is 0. The van der Waals surface area contributed by atoms with Crippen LogP contribution in [0, 0.1) is 0 Å². The summed E-state index contributed by atoms with van der Waals surface area (Å²) in [5.41, 5.74) is 1.57. The van der Waals surface area contributed by atoms with Crippen molar-refractivity contribution in [3.8, 4) is 0 Å².